The van der Waals surface area contributed by atoms with Crippen molar-refractivity contribution in [1.82, 2.24) is 0 Å². The van der Waals surface area contributed by atoms with Crippen LogP contribution in [-0.4, -0.2) is 4.92 Å². The van der Waals surface area contributed by atoms with E-state index in [0.717, 1.165) is 11.6 Å². The second-order valence-corrected chi connectivity index (χ2v) is 5.13. The van der Waals surface area contributed by atoms with Crippen molar-refractivity contribution in [1.29, 1.82) is 0 Å². The van der Waals surface area contributed by atoms with Crippen molar-refractivity contribution in [2.75, 3.05) is 0 Å². The molecule has 0 saturated carbocycles. The van der Waals surface area contributed by atoms with Gasteiger partial charge in [0.15, 0.2) is 0 Å². The van der Waals surface area contributed by atoms with Crippen LogP contribution in [0.3, 0.4) is 0 Å². The summed E-state index contributed by atoms with van der Waals surface area (Å²) in [6.45, 7) is -0.142. The topological polar surface area (TPSA) is 52.4 Å². The Kier molecular flexibility index (Phi) is 5.14. The first kappa shape index (κ1) is 15.7. The molecule has 21 heavy (non-hydrogen) atoms. The van der Waals surface area contributed by atoms with Gasteiger partial charge in [0.05, 0.1) is 9.95 Å². The van der Waals surface area contributed by atoms with E-state index in [1.165, 1.54) is 12.1 Å². The van der Waals surface area contributed by atoms with E-state index in [2.05, 4.69) is 15.9 Å². The third-order valence-electron chi connectivity index (χ3n) is 2.82. The van der Waals surface area contributed by atoms with E-state index >= 15 is 0 Å². The van der Waals surface area contributed by atoms with Crippen LogP contribution in [0, 0.1) is 15.9 Å². The maximum atomic E-state index is 13.9. The summed E-state index contributed by atoms with van der Waals surface area (Å²) >= 11 is 9.36. The molecule has 0 aliphatic heterocycles. The van der Waals surface area contributed by atoms with Gasteiger partial charge in [-0.3, -0.25) is 10.1 Å². The molecule has 0 atom stereocenters. The zero-order valence-corrected chi connectivity index (χ0v) is 13.0. The second-order valence-electron chi connectivity index (χ2n) is 4.16. The molecule has 0 heterocycles. The predicted molar refractivity (Wildman–Crippen MR) is 81.5 cm³/mol. The lowest BCUT2D eigenvalue weighted by atomic mass is 10.2. The van der Waals surface area contributed by atoms with Crippen LogP contribution >= 0.6 is 27.5 Å². The average Bonchev–Trinajstić information content (AvgIpc) is 2.46. The molecule has 0 unspecified atom stereocenters. The van der Waals surface area contributed by atoms with Gasteiger partial charge in [-0.25, -0.2) is 0 Å². The highest BCUT2D eigenvalue weighted by Gasteiger charge is 2.18. The summed E-state index contributed by atoms with van der Waals surface area (Å²) in [6, 6.07) is 9.22. The van der Waals surface area contributed by atoms with E-state index in [-0.39, 0.29) is 12.2 Å². The zero-order valence-electron chi connectivity index (χ0n) is 10.7. The molecule has 7 heteroatoms. The van der Waals surface area contributed by atoms with Crippen LogP contribution in [0.4, 0.5) is 10.1 Å². The number of nitro groups is 1. The Labute approximate surface area is 133 Å². The highest BCUT2D eigenvalue weighted by Crippen LogP contribution is 2.31. The van der Waals surface area contributed by atoms with Gasteiger partial charge in [-0.2, -0.15) is 4.39 Å². The number of nitrogens with zero attached hydrogens (tertiary/aromatic N) is 1. The molecule has 0 aromatic heterocycles. The van der Waals surface area contributed by atoms with Crippen LogP contribution in [0.5, 0.6) is 5.75 Å². The maximum absolute atomic E-state index is 13.9. The van der Waals surface area contributed by atoms with Gasteiger partial charge in [-0.15, -0.1) is 0 Å². The third kappa shape index (κ3) is 3.51. The smallest absolute Gasteiger partial charge is 0.305 e. The van der Waals surface area contributed by atoms with Crippen molar-refractivity contribution in [3.05, 3.63) is 68.5 Å². The van der Waals surface area contributed by atoms with E-state index in [0.29, 0.717) is 16.1 Å². The van der Waals surface area contributed by atoms with E-state index in [9.17, 15) is 14.5 Å². The zero-order chi connectivity index (χ0) is 15.4. The fraction of sp³-hybridized carbons (Fsp3) is 0.143. The van der Waals surface area contributed by atoms with Crippen molar-refractivity contribution >= 4 is 33.2 Å². The summed E-state index contributed by atoms with van der Waals surface area (Å²) in [6.07, 6.45) is 0. The summed E-state index contributed by atoms with van der Waals surface area (Å²) in [5.74, 6) is -0.461. The van der Waals surface area contributed by atoms with Crippen molar-refractivity contribution in [2.24, 2.45) is 0 Å². The number of para-hydroxylation sites is 1. The Morgan fingerprint density at radius 1 is 1.24 bits per heavy atom. The number of hydrogen-bond donors (Lipinski definition) is 0. The molecule has 0 N–H and O–H groups in total. The Morgan fingerprint density at radius 2 is 1.90 bits per heavy atom. The van der Waals surface area contributed by atoms with Crippen LogP contribution in [0.15, 0.2) is 36.4 Å². The van der Waals surface area contributed by atoms with Crippen LogP contribution in [-0.2, 0) is 11.9 Å². The maximum Gasteiger partial charge on any atom is 0.305 e. The van der Waals surface area contributed by atoms with Gasteiger partial charge in [0.2, 0.25) is 5.82 Å². The first-order chi connectivity index (χ1) is 10.0. The summed E-state index contributed by atoms with van der Waals surface area (Å²) in [4.78, 5) is 9.93. The van der Waals surface area contributed by atoms with Crippen LogP contribution in [0.25, 0.3) is 0 Å². The number of halogens is 3. The summed E-state index contributed by atoms with van der Waals surface area (Å²) < 4.78 is 19.5. The minimum absolute atomic E-state index is 0.102. The molecule has 0 aliphatic rings. The molecule has 0 fully saturated rings. The van der Waals surface area contributed by atoms with E-state index < -0.39 is 16.4 Å². The minimum atomic E-state index is -0.894. The van der Waals surface area contributed by atoms with Gasteiger partial charge in [-0.05, 0) is 6.07 Å². The SMILES string of the molecule is O=[N+]([O-])c1cccc(COc2c(Cl)cccc2CBr)c1F. The summed E-state index contributed by atoms with van der Waals surface area (Å²) in [7, 11) is 0. The highest BCUT2D eigenvalue weighted by atomic mass is 79.9. The monoisotopic (exact) mass is 373 g/mol. The standard InChI is InChI=1S/C14H10BrClFNO3/c15-7-9-3-1-5-11(16)14(9)21-8-10-4-2-6-12(13(10)17)18(19)20/h1-6H,7-8H2. The molecule has 0 bridgehead atoms. The number of benzene rings is 2. The van der Waals surface area contributed by atoms with Gasteiger partial charge < -0.3 is 4.74 Å². The third-order valence-corrected chi connectivity index (χ3v) is 3.72. The minimum Gasteiger partial charge on any atom is -0.487 e. The Hall–Kier alpha value is -1.66. The van der Waals surface area contributed by atoms with Gasteiger partial charge in [0.25, 0.3) is 0 Å². The normalized spacial score (nSPS) is 10.4. The molecule has 0 aliphatic carbocycles. The molecule has 2 rings (SSSR count). The highest BCUT2D eigenvalue weighted by molar-refractivity contribution is 9.08. The average molecular weight is 375 g/mol. The molecule has 110 valence electrons. The molecule has 2 aromatic rings. The number of hydrogen-bond acceptors (Lipinski definition) is 3. The molecule has 4 nitrogen and oxygen atoms in total. The van der Waals surface area contributed by atoms with E-state index in [1.54, 1.807) is 12.1 Å². The summed E-state index contributed by atoms with van der Waals surface area (Å²) in [5.41, 5.74) is 0.342. The van der Waals surface area contributed by atoms with Gasteiger partial charge in [0.1, 0.15) is 12.4 Å². The van der Waals surface area contributed by atoms with Crippen LogP contribution in [0.1, 0.15) is 11.1 Å². The van der Waals surface area contributed by atoms with Crippen molar-refractivity contribution in [3.63, 3.8) is 0 Å². The second kappa shape index (κ2) is 6.87. The van der Waals surface area contributed by atoms with Gasteiger partial charge in [0, 0.05) is 22.5 Å². The lowest BCUT2D eigenvalue weighted by Crippen LogP contribution is -2.03. The first-order valence-electron chi connectivity index (χ1n) is 5.92. The first-order valence-corrected chi connectivity index (χ1v) is 7.42. The molecular formula is C14H10BrClFNO3. The van der Waals surface area contributed by atoms with Crippen molar-refractivity contribution < 1.29 is 14.1 Å². The van der Waals surface area contributed by atoms with E-state index in [4.69, 9.17) is 16.3 Å². The number of rotatable bonds is 5. The van der Waals surface area contributed by atoms with Gasteiger partial charge in [-0.1, -0.05) is 51.8 Å². The fourth-order valence-electron chi connectivity index (χ4n) is 1.79. The predicted octanol–water partition coefficient (Wildman–Crippen LogP) is 4.86. The Balaban J connectivity index is 2.25. The molecule has 0 amide bonds. The molecule has 2 aromatic carbocycles. The molecule has 0 saturated heterocycles. The largest absolute Gasteiger partial charge is 0.487 e. The number of alkyl halides is 1. The fourth-order valence-corrected chi connectivity index (χ4v) is 2.48. The van der Waals surface area contributed by atoms with E-state index in [1.807, 2.05) is 6.07 Å². The summed E-state index contributed by atoms with van der Waals surface area (Å²) in [5, 5.41) is 11.6. The quantitative estimate of drug-likeness (QED) is 0.426. The molecular weight excluding hydrogens is 365 g/mol. The Bertz CT molecular complexity index is 681. The molecule has 0 spiro atoms. The number of nitro benzene ring substituents is 1. The Morgan fingerprint density at radius 3 is 2.57 bits per heavy atom. The molecule has 0 radical (unpaired) electrons. The van der Waals surface area contributed by atoms with Crippen LogP contribution in [0.2, 0.25) is 5.02 Å². The van der Waals surface area contributed by atoms with Crippen LogP contribution < -0.4 is 4.74 Å². The number of ether oxygens (including phenoxy) is 1. The lowest BCUT2D eigenvalue weighted by Gasteiger charge is -2.12. The van der Waals surface area contributed by atoms with Gasteiger partial charge >= 0.3 is 5.69 Å². The van der Waals surface area contributed by atoms with Crippen molar-refractivity contribution in [3.8, 4) is 5.75 Å². The lowest BCUT2D eigenvalue weighted by molar-refractivity contribution is -0.387. The van der Waals surface area contributed by atoms with Crippen molar-refractivity contribution in [2.45, 2.75) is 11.9 Å².